The van der Waals surface area contributed by atoms with Crippen molar-refractivity contribution in [3.05, 3.63) is 22.2 Å². The van der Waals surface area contributed by atoms with E-state index < -0.39 is 8.07 Å². The first-order chi connectivity index (χ1) is 7.52. The van der Waals surface area contributed by atoms with Crippen LogP contribution in [0.3, 0.4) is 0 Å². The molecule has 0 saturated heterocycles. The van der Waals surface area contributed by atoms with Crippen molar-refractivity contribution < 1.29 is 5.11 Å². The lowest BCUT2D eigenvalue weighted by Gasteiger charge is -2.30. The van der Waals surface area contributed by atoms with Crippen LogP contribution in [0.4, 0.5) is 0 Å². The van der Waals surface area contributed by atoms with Crippen LogP contribution < -0.4 is 5.19 Å². The summed E-state index contributed by atoms with van der Waals surface area (Å²) in [5, 5.41) is 11.9. The Kier molecular flexibility index (Phi) is 4.71. The van der Waals surface area contributed by atoms with E-state index in [0.717, 1.165) is 23.3 Å². The van der Waals surface area contributed by atoms with Gasteiger partial charge in [0.1, 0.15) is 5.75 Å². The Hall–Kier alpha value is -0.183. The zero-order valence-electron chi connectivity index (χ0n) is 9.98. The molecule has 1 aromatic carbocycles. The second kappa shape index (κ2) is 5.43. The minimum Gasteiger partial charge on any atom is -0.506 e. The molecule has 0 aliphatic heterocycles. The molecule has 0 bridgehead atoms. The summed E-state index contributed by atoms with van der Waals surface area (Å²) >= 11 is 12.5. The van der Waals surface area contributed by atoms with Crippen molar-refractivity contribution in [2.24, 2.45) is 0 Å². The van der Waals surface area contributed by atoms with Gasteiger partial charge >= 0.3 is 0 Å². The van der Waals surface area contributed by atoms with Gasteiger partial charge in [0, 0.05) is 5.02 Å². The minimum atomic E-state index is -1.64. The Labute approximate surface area is 108 Å². The third-order valence-electron chi connectivity index (χ3n) is 3.63. The van der Waals surface area contributed by atoms with E-state index in [9.17, 15) is 5.11 Å². The van der Waals surface area contributed by atoms with Gasteiger partial charge in [-0.1, -0.05) is 62.1 Å². The molecule has 0 aromatic heterocycles. The monoisotopic (exact) mass is 276 g/mol. The lowest BCUT2D eigenvalue weighted by Crippen LogP contribution is -2.47. The third-order valence-corrected chi connectivity index (χ3v) is 10.3. The lowest BCUT2D eigenvalue weighted by molar-refractivity contribution is 0.476. The highest BCUT2D eigenvalue weighted by molar-refractivity contribution is 6.94. The predicted octanol–water partition coefficient (Wildman–Crippen LogP) is 4.41. The molecular weight excluding hydrogens is 259 g/mol. The molecule has 1 nitrogen and oxygen atoms in total. The summed E-state index contributed by atoms with van der Waals surface area (Å²) in [6.45, 7) is 6.57. The first-order valence-electron chi connectivity index (χ1n) is 5.69. The molecule has 0 fully saturated rings. The first kappa shape index (κ1) is 13.9. The quantitative estimate of drug-likeness (QED) is 0.808. The molecule has 0 unspecified atom stereocenters. The Morgan fingerprint density at radius 1 is 1.06 bits per heavy atom. The van der Waals surface area contributed by atoms with Gasteiger partial charge in [0.05, 0.1) is 13.1 Å². The van der Waals surface area contributed by atoms with Crippen molar-refractivity contribution in [3.8, 4) is 5.75 Å². The van der Waals surface area contributed by atoms with E-state index >= 15 is 0 Å². The van der Waals surface area contributed by atoms with Gasteiger partial charge in [0.15, 0.2) is 0 Å². The molecule has 90 valence electrons. The van der Waals surface area contributed by atoms with E-state index in [0.29, 0.717) is 10.0 Å². The molecule has 16 heavy (non-hydrogen) atoms. The van der Waals surface area contributed by atoms with Crippen LogP contribution in [0.2, 0.25) is 28.2 Å². The molecule has 1 N–H and O–H groups in total. The molecule has 0 heterocycles. The number of aromatic hydroxyl groups is 1. The summed E-state index contributed by atoms with van der Waals surface area (Å²) in [4.78, 5) is 0. The van der Waals surface area contributed by atoms with E-state index in [-0.39, 0.29) is 5.75 Å². The predicted molar refractivity (Wildman–Crippen MR) is 75.0 cm³/mol. The molecule has 0 amide bonds. The summed E-state index contributed by atoms with van der Waals surface area (Å²) < 4.78 is 0. The van der Waals surface area contributed by atoms with E-state index in [1.807, 2.05) is 0 Å². The first-order valence-corrected chi connectivity index (χ1v) is 9.07. The SMILES string of the molecule is CC[Si](CC)(CC)c1c(Cl)ccc(O)c1Cl. The number of phenols is 1. The van der Waals surface area contributed by atoms with Crippen molar-refractivity contribution in [2.75, 3.05) is 0 Å². The highest BCUT2D eigenvalue weighted by atomic mass is 35.5. The maximum absolute atomic E-state index is 9.71. The average molecular weight is 277 g/mol. The highest BCUT2D eigenvalue weighted by Gasteiger charge is 2.34. The van der Waals surface area contributed by atoms with E-state index in [4.69, 9.17) is 23.2 Å². The molecule has 0 saturated carbocycles. The van der Waals surface area contributed by atoms with Crippen molar-refractivity contribution in [1.82, 2.24) is 0 Å². The van der Waals surface area contributed by atoms with Crippen molar-refractivity contribution >= 4 is 36.5 Å². The zero-order chi connectivity index (χ0) is 12.3. The fraction of sp³-hybridized carbons (Fsp3) is 0.500. The van der Waals surface area contributed by atoms with Crippen LogP contribution in [0, 0.1) is 0 Å². The van der Waals surface area contributed by atoms with Gasteiger partial charge in [0.25, 0.3) is 0 Å². The van der Waals surface area contributed by atoms with Crippen LogP contribution >= 0.6 is 23.2 Å². The van der Waals surface area contributed by atoms with Crippen LogP contribution in [-0.4, -0.2) is 13.2 Å². The molecule has 0 radical (unpaired) electrons. The average Bonchev–Trinajstić information content (AvgIpc) is 2.30. The number of hydrogen-bond donors (Lipinski definition) is 1. The largest absolute Gasteiger partial charge is 0.506 e. The molecule has 0 spiro atoms. The second-order valence-electron chi connectivity index (χ2n) is 4.10. The van der Waals surface area contributed by atoms with E-state index in [2.05, 4.69) is 20.8 Å². The zero-order valence-corrected chi connectivity index (χ0v) is 12.5. The molecular formula is C12H18Cl2OSi. The summed E-state index contributed by atoms with van der Waals surface area (Å²) in [5.41, 5.74) is 0. The van der Waals surface area contributed by atoms with Crippen LogP contribution in [-0.2, 0) is 0 Å². The van der Waals surface area contributed by atoms with Crippen LogP contribution in [0.1, 0.15) is 20.8 Å². The van der Waals surface area contributed by atoms with Crippen molar-refractivity contribution in [3.63, 3.8) is 0 Å². The van der Waals surface area contributed by atoms with Gasteiger partial charge in [0.2, 0.25) is 0 Å². The van der Waals surface area contributed by atoms with E-state index in [1.165, 1.54) is 0 Å². The molecule has 1 aromatic rings. The molecule has 0 aliphatic carbocycles. The van der Waals surface area contributed by atoms with Gasteiger partial charge in [-0.05, 0) is 17.3 Å². The maximum atomic E-state index is 9.71. The number of rotatable bonds is 4. The maximum Gasteiger partial charge on any atom is 0.134 e. The van der Waals surface area contributed by atoms with E-state index in [1.54, 1.807) is 12.1 Å². The fourth-order valence-electron chi connectivity index (χ4n) is 2.31. The topological polar surface area (TPSA) is 20.2 Å². The number of benzene rings is 1. The van der Waals surface area contributed by atoms with Gasteiger partial charge in [-0.15, -0.1) is 0 Å². The van der Waals surface area contributed by atoms with Gasteiger partial charge < -0.3 is 5.11 Å². The molecule has 4 heteroatoms. The second-order valence-corrected chi connectivity index (χ2v) is 10.1. The van der Waals surface area contributed by atoms with Crippen molar-refractivity contribution in [1.29, 1.82) is 0 Å². The number of halogens is 2. The number of hydrogen-bond acceptors (Lipinski definition) is 1. The smallest absolute Gasteiger partial charge is 0.134 e. The number of phenolic OH excluding ortho intramolecular Hbond substituents is 1. The van der Waals surface area contributed by atoms with Crippen LogP contribution in [0.5, 0.6) is 5.75 Å². The van der Waals surface area contributed by atoms with Gasteiger partial charge in [-0.3, -0.25) is 0 Å². The lowest BCUT2D eigenvalue weighted by atomic mass is 10.3. The Bertz CT molecular complexity index is 367. The highest BCUT2D eigenvalue weighted by Crippen LogP contribution is 2.32. The van der Waals surface area contributed by atoms with Crippen LogP contribution in [0.15, 0.2) is 12.1 Å². The Morgan fingerprint density at radius 3 is 2.00 bits per heavy atom. The van der Waals surface area contributed by atoms with Crippen molar-refractivity contribution in [2.45, 2.75) is 38.9 Å². The molecule has 1 rings (SSSR count). The summed E-state index contributed by atoms with van der Waals surface area (Å²) in [7, 11) is -1.64. The molecule has 0 atom stereocenters. The third kappa shape index (κ3) is 2.24. The standard InChI is InChI=1S/C12H18Cl2OSi/c1-4-16(5-2,6-3)12-9(13)7-8-10(15)11(12)14/h7-8,15H,4-6H2,1-3H3. The summed E-state index contributed by atoms with van der Waals surface area (Å²) in [6.07, 6.45) is 0. The summed E-state index contributed by atoms with van der Waals surface area (Å²) in [5.74, 6) is 0.147. The van der Waals surface area contributed by atoms with Gasteiger partial charge in [-0.2, -0.15) is 0 Å². The van der Waals surface area contributed by atoms with Crippen LogP contribution in [0.25, 0.3) is 0 Å². The Morgan fingerprint density at radius 2 is 1.56 bits per heavy atom. The summed E-state index contributed by atoms with van der Waals surface area (Å²) in [6, 6.07) is 6.61. The van der Waals surface area contributed by atoms with Gasteiger partial charge in [-0.25, -0.2) is 0 Å². The normalized spacial score (nSPS) is 11.8. The molecule has 0 aliphatic rings. The minimum absolute atomic E-state index is 0.147. The fourth-order valence-corrected chi connectivity index (χ4v) is 7.63. The Balaban J connectivity index is 3.45.